The smallest absolute Gasteiger partial charge is 0.256 e. The van der Waals surface area contributed by atoms with Gasteiger partial charge in [0.15, 0.2) is 16.9 Å². The molecule has 5 nitrogen and oxygen atoms in total. The van der Waals surface area contributed by atoms with Crippen molar-refractivity contribution in [3.63, 3.8) is 0 Å². The monoisotopic (exact) mass is 423 g/mol. The lowest BCUT2D eigenvalue weighted by molar-refractivity contribution is 0.102. The molecule has 2 aromatic carbocycles. The zero-order chi connectivity index (χ0) is 20.4. The van der Waals surface area contributed by atoms with Crippen LogP contribution in [0.2, 0.25) is 0 Å². The van der Waals surface area contributed by atoms with Gasteiger partial charge in [-0.25, -0.2) is 0 Å². The third-order valence-corrected chi connectivity index (χ3v) is 6.41. The van der Waals surface area contributed by atoms with Crippen LogP contribution in [0.15, 0.2) is 64.8 Å². The number of thiophene rings is 1. The summed E-state index contributed by atoms with van der Waals surface area (Å²) in [5.41, 5.74) is 0.828. The van der Waals surface area contributed by atoms with Crippen LogP contribution in [0, 0.1) is 0 Å². The minimum atomic E-state index is -0.324. The lowest BCUT2D eigenvalue weighted by Gasteiger charge is -2.12. The summed E-state index contributed by atoms with van der Waals surface area (Å²) in [5, 5.41) is 6.01. The Morgan fingerprint density at radius 1 is 0.966 bits per heavy atom. The summed E-state index contributed by atoms with van der Waals surface area (Å²) in [4.78, 5) is 26.9. The number of amides is 1. The number of methoxy groups -OCH3 is 2. The fourth-order valence-corrected chi connectivity index (χ4v) is 4.95. The van der Waals surface area contributed by atoms with Gasteiger partial charge >= 0.3 is 0 Å². The molecular formula is C22H17NO4S2. The van der Waals surface area contributed by atoms with Crippen molar-refractivity contribution in [1.82, 2.24) is 0 Å². The molecule has 4 rings (SSSR count). The van der Waals surface area contributed by atoms with E-state index in [0.717, 1.165) is 9.58 Å². The molecule has 0 saturated heterocycles. The topological polar surface area (TPSA) is 64.6 Å². The van der Waals surface area contributed by atoms with E-state index in [0.29, 0.717) is 33.0 Å². The number of benzene rings is 2. The van der Waals surface area contributed by atoms with Crippen molar-refractivity contribution in [1.29, 1.82) is 0 Å². The van der Waals surface area contributed by atoms with Crippen LogP contribution in [0.3, 0.4) is 0 Å². The second kappa shape index (κ2) is 8.06. The first-order valence-corrected chi connectivity index (χ1v) is 10.4. The molecule has 0 fully saturated rings. The molecule has 4 aromatic rings. The third-order valence-electron chi connectivity index (χ3n) is 4.44. The lowest BCUT2D eigenvalue weighted by atomic mass is 10.1. The second-order valence-electron chi connectivity index (χ2n) is 6.13. The average Bonchev–Trinajstić information content (AvgIpc) is 3.27. The van der Waals surface area contributed by atoms with Gasteiger partial charge in [0.05, 0.1) is 19.8 Å². The van der Waals surface area contributed by atoms with Gasteiger partial charge in [0.2, 0.25) is 0 Å². The first kappa shape index (κ1) is 19.2. The van der Waals surface area contributed by atoms with Gasteiger partial charge in [-0.1, -0.05) is 18.2 Å². The number of fused-ring (bicyclic) bond motifs is 1. The van der Waals surface area contributed by atoms with Crippen LogP contribution in [0.25, 0.3) is 20.5 Å². The Morgan fingerprint density at radius 2 is 1.76 bits per heavy atom. The highest BCUT2D eigenvalue weighted by molar-refractivity contribution is 7.23. The summed E-state index contributed by atoms with van der Waals surface area (Å²) < 4.78 is 11.3. The van der Waals surface area contributed by atoms with E-state index in [1.807, 2.05) is 41.8 Å². The van der Waals surface area contributed by atoms with E-state index >= 15 is 0 Å². The standard InChI is InChI=1S/C22H17NO4S2/c1-26-15-10-9-13(12-16(15)27-2)21(25)23-22-19(18-8-5-11-28-18)20(24)14-6-3-4-7-17(14)29-22/h3-12H,1-2H3,(H,23,25). The molecule has 0 radical (unpaired) electrons. The molecule has 0 bridgehead atoms. The maximum absolute atomic E-state index is 13.2. The summed E-state index contributed by atoms with van der Waals surface area (Å²) in [7, 11) is 3.06. The molecule has 146 valence electrons. The van der Waals surface area contributed by atoms with Gasteiger partial charge in [-0.05, 0) is 41.8 Å². The zero-order valence-electron chi connectivity index (χ0n) is 15.7. The van der Waals surface area contributed by atoms with Crippen molar-refractivity contribution in [2.75, 3.05) is 19.5 Å². The van der Waals surface area contributed by atoms with Crippen molar-refractivity contribution < 1.29 is 14.3 Å². The summed E-state index contributed by atoms with van der Waals surface area (Å²) >= 11 is 2.85. The highest BCUT2D eigenvalue weighted by atomic mass is 32.1. The number of rotatable bonds is 5. The molecule has 1 N–H and O–H groups in total. The molecule has 2 heterocycles. The molecule has 0 aliphatic heterocycles. The number of hydrogen-bond acceptors (Lipinski definition) is 6. The van der Waals surface area contributed by atoms with E-state index in [1.54, 1.807) is 18.2 Å². The van der Waals surface area contributed by atoms with Gasteiger partial charge in [-0.2, -0.15) is 0 Å². The lowest BCUT2D eigenvalue weighted by Crippen LogP contribution is -2.15. The SMILES string of the molecule is COc1ccc(C(=O)Nc2sc3ccccc3c(=O)c2-c2cccs2)cc1OC. The maximum Gasteiger partial charge on any atom is 0.256 e. The van der Waals surface area contributed by atoms with Crippen molar-refractivity contribution in [2.24, 2.45) is 0 Å². The molecule has 0 aliphatic carbocycles. The van der Waals surface area contributed by atoms with Gasteiger partial charge in [-0.3, -0.25) is 9.59 Å². The fourth-order valence-electron chi connectivity index (χ4n) is 3.03. The van der Waals surface area contributed by atoms with E-state index in [4.69, 9.17) is 9.47 Å². The van der Waals surface area contributed by atoms with Crippen molar-refractivity contribution in [3.8, 4) is 21.9 Å². The van der Waals surface area contributed by atoms with Crippen molar-refractivity contribution in [3.05, 3.63) is 75.8 Å². The van der Waals surface area contributed by atoms with Gasteiger partial charge in [0.1, 0.15) is 5.00 Å². The number of carbonyl (C=O) groups is 1. The molecule has 0 unspecified atom stereocenters. The zero-order valence-corrected chi connectivity index (χ0v) is 17.4. The number of hydrogen-bond donors (Lipinski definition) is 1. The largest absolute Gasteiger partial charge is 0.493 e. The Kier molecular flexibility index (Phi) is 5.33. The van der Waals surface area contributed by atoms with Crippen LogP contribution in [-0.2, 0) is 0 Å². The van der Waals surface area contributed by atoms with Crippen LogP contribution < -0.4 is 20.2 Å². The summed E-state index contributed by atoms with van der Waals surface area (Å²) in [6.45, 7) is 0. The Hall–Kier alpha value is -3.16. The van der Waals surface area contributed by atoms with Gasteiger partial charge in [0.25, 0.3) is 5.91 Å². The average molecular weight is 424 g/mol. The van der Waals surface area contributed by atoms with Crippen molar-refractivity contribution >= 4 is 43.7 Å². The second-order valence-corrected chi connectivity index (χ2v) is 8.13. The highest BCUT2D eigenvalue weighted by Crippen LogP contribution is 2.36. The van der Waals surface area contributed by atoms with E-state index in [9.17, 15) is 9.59 Å². The summed E-state index contributed by atoms with van der Waals surface area (Å²) in [6.07, 6.45) is 0. The molecule has 7 heteroatoms. The first-order valence-electron chi connectivity index (χ1n) is 8.75. The van der Waals surface area contributed by atoms with Crippen LogP contribution in [0.5, 0.6) is 11.5 Å². The first-order chi connectivity index (χ1) is 14.1. The van der Waals surface area contributed by atoms with Gasteiger partial charge in [-0.15, -0.1) is 22.7 Å². The number of carbonyl (C=O) groups excluding carboxylic acids is 1. The molecule has 2 aromatic heterocycles. The highest BCUT2D eigenvalue weighted by Gasteiger charge is 2.18. The van der Waals surface area contributed by atoms with Crippen LogP contribution in [-0.4, -0.2) is 20.1 Å². The molecule has 0 spiro atoms. The molecule has 0 atom stereocenters. The predicted octanol–water partition coefficient (Wildman–Crippen LogP) is 5.26. The minimum Gasteiger partial charge on any atom is -0.493 e. The molecule has 0 aliphatic rings. The Morgan fingerprint density at radius 3 is 2.48 bits per heavy atom. The minimum absolute atomic E-state index is 0.0931. The quantitative estimate of drug-likeness (QED) is 0.476. The summed E-state index contributed by atoms with van der Waals surface area (Å²) in [5.74, 6) is 0.679. The predicted molar refractivity (Wildman–Crippen MR) is 119 cm³/mol. The molecular weight excluding hydrogens is 406 g/mol. The Balaban J connectivity index is 1.81. The third kappa shape index (κ3) is 3.62. The van der Waals surface area contributed by atoms with E-state index in [2.05, 4.69) is 5.32 Å². The van der Waals surface area contributed by atoms with Crippen LogP contribution in [0.4, 0.5) is 5.00 Å². The molecule has 0 saturated carbocycles. The van der Waals surface area contributed by atoms with Gasteiger partial charge in [0, 0.05) is 20.5 Å². The fraction of sp³-hybridized carbons (Fsp3) is 0.0909. The normalized spacial score (nSPS) is 10.7. The summed E-state index contributed by atoms with van der Waals surface area (Å²) in [6, 6.07) is 16.1. The number of anilines is 1. The van der Waals surface area contributed by atoms with E-state index in [1.165, 1.54) is 36.9 Å². The van der Waals surface area contributed by atoms with Crippen molar-refractivity contribution in [2.45, 2.75) is 0 Å². The Bertz CT molecular complexity index is 1250. The van der Waals surface area contributed by atoms with Gasteiger partial charge < -0.3 is 14.8 Å². The van der Waals surface area contributed by atoms with E-state index < -0.39 is 0 Å². The van der Waals surface area contributed by atoms with Crippen LogP contribution in [0.1, 0.15) is 10.4 Å². The Labute approximate surface area is 175 Å². The number of nitrogens with one attached hydrogen (secondary N) is 1. The van der Waals surface area contributed by atoms with E-state index in [-0.39, 0.29) is 11.3 Å². The molecule has 29 heavy (non-hydrogen) atoms. The van der Waals surface area contributed by atoms with Crippen LogP contribution >= 0.6 is 22.7 Å². The maximum atomic E-state index is 13.2. The molecule has 1 amide bonds. The number of ether oxygens (including phenoxy) is 2.